The minimum atomic E-state index is -1.70. The average molecular weight is 495 g/mol. The van der Waals surface area contributed by atoms with E-state index >= 15 is 0 Å². The average Bonchev–Trinajstić information content (AvgIpc) is 3.29. The van der Waals surface area contributed by atoms with Crippen LogP contribution in [0, 0.1) is 25.2 Å². The van der Waals surface area contributed by atoms with Crippen LogP contribution in [0.5, 0.6) is 0 Å². The standard InChI is InChI=1S/C27H28ClFN4O2/c1-17-11-23(28)14-20(24(17)32-25(34)22-13-21(15-30)18(2)31-16-22)12-19-5-9-33(10-6-19)26(35)27(29)7-3-4-8-27/h11-14,16H,3-10H2,1-2H3,(H,32,34). The van der Waals surface area contributed by atoms with Crippen molar-refractivity contribution in [1.82, 2.24) is 9.88 Å². The van der Waals surface area contributed by atoms with Crippen molar-refractivity contribution < 1.29 is 14.0 Å². The number of nitrogens with one attached hydrogen (secondary N) is 1. The van der Waals surface area contributed by atoms with Crippen LogP contribution in [-0.4, -0.2) is 40.5 Å². The van der Waals surface area contributed by atoms with E-state index in [-0.39, 0.29) is 11.8 Å². The van der Waals surface area contributed by atoms with Gasteiger partial charge in [-0.3, -0.25) is 14.6 Å². The second kappa shape index (κ2) is 10.2. The number of hydrogen-bond donors (Lipinski definition) is 1. The lowest BCUT2D eigenvalue weighted by Gasteiger charge is -2.33. The zero-order chi connectivity index (χ0) is 25.2. The molecule has 2 fully saturated rings. The second-order valence-electron chi connectivity index (χ2n) is 9.38. The molecule has 0 spiro atoms. The first-order valence-corrected chi connectivity index (χ1v) is 12.2. The first kappa shape index (κ1) is 24.9. The quantitative estimate of drug-likeness (QED) is 0.585. The predicted octanol–water partition coefficient (Wildman–Crippen LogP) is 5.76. The lowest BCUT2D eigenvalue weighted by Crippen LogP contribution is -2.47. The van der Waals surface area contributed by atoms with E-state index < -0.39 is 5.67 Å². The first-order valence-electron chi connectivity index (χ1n) is 11.9. The molecule has 4 rings (SSSR count). The fraction of sp³-hybridized carbons (Fsp3) is 0.407. The number of nitrogens with zero attached hydrogens (tertiary/aromatic N) is 3. The van der Waals surface area contributed by atoms with Crippen LogP contribution < -0.4 is 5.32 Å². The number of pyridine rings is 1. The molecule has 1 aromatic heterocycles. The lowest BCUT2D eigenvalue weighted by atomic mass is 9.96. The third-order valence-corrected chi connectivity index (χ3v) is 7.09. The van der Waals surface area contributed by atoms with Gasteiger partial charge in [0, 0.05) is 24.3 Å². The zero-order valence-corrected chi connectivity index (χ0v) is 20.7. The maximum absolute atomic E-state index is 14.9. The van der Waals surface area contributed by atoms with Crippen LogP contribution >= 0.6 is 11.6 Å². The molecule has 0 unspecified atom stereocenters. The number of likely N-dealkylation sites (tertiary alicyclic amines) is 1. The van der Waals surface area contributed by atoms with E-state index in [2.05, 4.69) is 10.3 Å². The van der Waals surface area contributed by atoms with Gasteiger partial charge in [0.1, 0.15) is 6.07 Å². The molecular formula is C27H28ClFN4O2. The van der Waals surface area contributed by atoms with Crippen LogP contribution in [0.4, 0.5) is 10.1 Å². The number of halogens is 2. The molecular weight excluding hydrogens is 467 g/mol. The zero-order valence-electron chi connectivity index (χ0n) is 20.0. The van der Waals surface area contributed by atoms with Crippen LogP contribution in [-0.2, 0) is 4.79 Å². The van der Waals surface area contributed by atoms with Crippen LogP contribution in [0.25, 0.3) is 6.08 Å². The van der Waals surface area contributed by atoms with Gasteiger partial charge in [-0.15, -0.1) is 0 Å². The van der Waals surface area contributed by atoms with Gasteiger partial charge in [0.2, 0.25) is 0 Å². The summed E-state index contributed by atoms with van der Waals surface area (Å²) >= 11 is 6.32. The summed E-state index contributed by atoms with van der Waals surface area (Å²) in [6.07, 6.45) is 6.88. The molecule has 0 radical (unpaired) electrons. The monoisotopic (exact) mass is 494 g/mol. The number of alkyl halides is 1. The van der Waals surface area contributed by atoms with E-state index in [0.29, 0.717) is 66.3 Å². The lowest BCUT2D eigenvalue weighted by molar-refractivity contribution is -0.144. The molecule has 35 heavy (non-hydrogen) atoms. The highest BCUT2D eigenvalue weighted by Crippen LogP contribution is 2.36. The third-order valence-electron chi connectivity index (χ3n) is 6.87. The maximum Gasteiger partial charge on any atom is 0.260 e. The van der Waals surface area contributed by atoms with Gasteiger partial charge in [-0.2, -0.15) is 5.26 Å². The summed E-state index contributed by atoms with van der Waals surface area (Å²) in [5.74, 6) is -0.742. The maximum atomic E-state index is 14.9. The van der Waals surface area contributed by atoms with E-state index in [4.69, 9.17) is 11.6 Å². The summed E-state index contributed by atoms with van der Waals surface area (Å²) < 4.78 is 14.9. The van der Waals surface area contributed by atoms with Crippen LogP contribution in [0.1, 0.15) is 71.3 Å². The molecule has 1 aliphatic carbocycles. The molecule has 182 valence electrons. The summed E-state index contributed by atoms with van der Waals surface area (Å²) in [6.45, 7) is 4.53. The normalized spacial score (nSPS) is 17.1. The molecule has 8 heteroatoms. The predicted molar refractivity (Wildman–Crippen MR) is 134 cm³/mol. The van der Waals surface area contributed by atoms with Gasteiger partial charge in [0.25, 0.3) is 11.8 Å². The van der Waals surface area contributed by atoms with E-state index in [1.165, 1.54) is 12.3 Å². The summed E-state index contributed by atoms with van der Waals surface area (Å²) in [7, 11) is 0. The fourth-order valence-electron chi connectivity index (χ4n) is 4.80. The molecule has 2 amide bonds. The van der Waals surface area contributed by atoms with E-state index in [0.717, 1.165) is 29.5 Å². The smallest absolute Gasteiger partial charge is 0.260 e. The Morgan fingerprint density at radius 3 is 2.54 bits per heavy atom. The molecule has 0 bridgehead atoms. The molecule has 1 aromatic carbocycles. The second-order valence-corrected chi connectivity index (χ2v) is 9.81. The third kappa shape index (κ3) is 5.38. The van der Waals surface area contributed by atoms with Crippen LogP contribution in [0.15, 0.2) is 30.0 Å². The molecule has 2 heterocycles. The van der Waals surface area contributed by atoms with Gasteiger partial charge in [-0.05, 0) is 81.7 Å². The number of benzene rings is 1. The van der Waals surface area contributed by atoms with Crippen molar-refractivity contribution in [3.05, 3.63) is 62.9 Å². The van der Waals surface area contributed by atoms with Gasteiger partial charge in [-0.25, -0.2) is 4.39 Å². The first-order chi connectivity index (χ1) is 16.7. The Balaban J connectivity index is 1.52. The van der Waals surface area contributed by atoms with Crippen molar-refractivity contribution >= 4 is 35.2 Å². The molecule has 6 nitrogen and oxygen atoms in total. The Bertz CT molecular complexity index is 1230. The molecule has 0 atom stereocenters. The number of carbonyl (C=O) groups is 2. The number of aromatic nitrogens is 1. The van der Waals surface area contributed by atoms with Gasteiger partial charge in [0.15, 0.2) is 5.67 Å². The minimum absolute atomic E-state index is 0.291. The number of amides is 2. The summed E-state index contributed by atoms with van der Waals surface area (Å²) in [4.78, 5) is 31.4. The molecule has 2 aromatic rings. The number of rotatable bonds is 4. The Morgan fingerprint density at radius 2 is 1.89 bits per heavy atom. The van der Waals surface area contributed by atoms with Crippen molar-refractivity contribution in [1.29, 1.82) is 5.26 Å². The van der Waals surface area contributed by atoms with Crippen LogP contribution in [0.2, 0.25) is 5.02 Å². The largest absolute Gasteiger partial charge is 0.339 e. The molecule has 1 aliphatic heterocycles. The molecule has 2 aliphatic rings. The van der Waals surface area contributed by atoms with E-state index in [1.807, 2.05) is 19.1 Å². The number of aryl methyl sites for hydroxylation is 2. The Labute approximate surface area is 209 Å². The molecule has 1 N–H and O–H groups in total. The Kier molecular flexibility index (Phi) is 7.23. The molecule has 1 saturated carbocycles. The number of hydrogen-bond acceptors (Lipinski definition) is 4. The number of anilines is 1. The van der Waals surface area contributed by atoms with Crippen molar-refractivity contribution in [2.75, 3.05) is 18.4 Å². The highest BCUT2D eigenvalue weighted by molar-refractivity contribution is 6.31. The van der Waals surface area contributed by atoms with Crippen LogP contribution in [0.3, 0.4) is 0 Å². The van der Waals surface area contributed by atoms with Crippen molar-refractivity contribution in [2.45, 2.75) is 58.0 Å². The highest BCUT2D eigenvalue weighted by atomic mass is 35.5. The van der Waals surface area contributed by atoms with Gasteiger partial charge in [0.05, 0.1) is 22.5 Å². The Morgan fingerprint density at radius 1 is 1.20 bits per heavy atom. The van der Waals surface area contributed by atoms with Crippen molar-refractivity contribution in [3.8, 4) is 6.07 Å². The van der Waals surface area contributed by atoms with E-state index in [9.17, 15) is 19.2 Å². The summed E-state index contributed by atoms with van der Waals surface area (Å²) in [5.41, 5.74) is 2.80. The minimum Gasteiger partial charge on any atom is -0.339 e. The number of nitriles is 1. The summed E-state index contributed by atoms with van der Waals surface area (Å²) in [5, 5.41) is 12.7. The van der Waals surface area contributed by atoms with Gasteiger partial charge >= 0.3 is 0 Å². The molecule has 1 saturated heterocycles. The fourth-order valence-corrected chi connectivity index (χ4v) is 5.08. The van der Waals surface area contributed by atoms with Gasteiger partial charge in [-0.1, -0.05) is 23.3 Å². The highest BCUT2D eigenvalue weighted by Gasteiger charge is 2.44. The number of piperidine rings is 1. The Hall–Kier alpha value is -3.24. The van der Waals surface area contributed by atoms with Crippen molar-refractivity contribution in [3.63, 3.8) is 0 Å². The topological polar surface area (TPSA) is 86.1 Å². The van der Waals surface area contributed by atoms with E-state index in [1.54, 1.807) is 24.0 Å². The number of carbonyl (C=O) groups excluding carboxylic acids is 2. The summed E-state index contributed by atoms with van der Waals surface area (Å²) in [6, 6.07) is 7.14. The SMILES string of the molecule is Cc1cc(Cl)cc(C=C2CCN(C(=O)C3(F)CCCC3)CC2)c1NC(=O)c1cnc(C)c(C#N)c1. The van der Waals surface area contributed by atoms with Crippen molar-refractivity contribution in [2.24, 2.45) is 0 Å². The van der Waals surface area contributed by atoms with Gasteiger partial charge < -0.3 is 10.2 Å².